The van der Waals surface area contributed by atoms with Gasteiger partial charge >= 0.3 is 0 Å². The molecule has 1 atom stereocenters. The SMILES string of the molecule is CNC(c1cc(Br)c(Cl)s1)c1occc1C. The molecule has 5 heteroatoms. The Labute approximate surface area is 112 Å². The van der Waals surface area contributed by atoms with Crippen LogP contribution in [0.3, 0.4) is 0 Å². The van der Waals surface area contributed by atoms with E-state index >= 15 is 0 Å². The standard InChI is InChI=1S/C11H11BrClNOS/c1-6-3-4-15-10(6)9(14-2)8-5-7(12)11(13)16-8/h3-5,9,14H,1-2H3. The minimum atomic E-state index is 0.0591. The zero-order valence-corrected chi connectivity index (χ0v) is 12.0. The molecule has 0 spiro atoms. The van der Waals surface area contributed by atoms with Crippen molar-refractivity contribution >= 4 is 38.9 Å². The van der Waals surface area contributed by atoms with Crippen molar-refractivity contribution in [2.24, 2.45) is 0 Å². The fourth-order valence-corrected chi connectivity index (χ4v) is 3.43. The third kappa shape index (κ3) is 2.20. The predicted molar refractivity (Wildman–Crippen MR) is 71.4 cm³/mol. The van der Waals surface area contributed by atoms with E-state index in [0.717, 1.165) is 25.0 Å². The maximum Gasteiger partial charge on any atom is 0.128 e. The lowest BCUT2D eigenvalue weighted by molar-refractivity contribution is 0.463. The number of rotatable bonds is 3. The van der Waals surface area contributed by atoms with Crippen molar-refractivity contribution in [3.63, 3.8) is 0 Å². The normalized spacial score (nSPS) is 13.0. The average molecular weight is 321 g/mol. The Morgan fingerprint density at radius 2 is 2.31 bits per heavy atom. The lowest BCUT2D eigenvalue weighted by atomic mass is 10.1. The molecule has 86 valence electrons. The Morgan fingerprint density at radius 1 is 1.56 bits per heavy atom. The van der Waals surface area contributed by atoms with Crippen LogP contribution >= 0.6 is 38.9 Å². The summed E-state index contributed by atoms with van der Waals surface area (Å²) in [6.45, 7) is 2.04. The minimum absolute atomic E-state index is 0.0591. The van der Waals surface area contributed by atoms with E-state index in [2.05, 4.69) is 21.2 Å². The Balaban J connectivity index is 2.40. The second-order valence-corrected chi connectivity index (χ2v) is 6.00. The molecule has 0 fully saturated rings. The summed E-state index contributed by atoms with van der Waals surface area (Å²) in [7, 11) is 1.91. The first-order valence-electron chi connectivity index (χ1n) is 4.79. The number of hydrogen-bond donors (Lipinski definition) is 1. The highest BCUT2D eigenvalue weighted by molar-refractivity contribution is 9.10. The zero-order chi connectivity index (χ0) is 11.7. The van der Waals surface area contributed by atoms with Crippen LogP contribution in [0.25, 0.3) is 0 Å². The van der Waals surface area contributed by atoms with E-state index in [-0.39, 0.29) is 6.04 Å². The first kappa shape index (κ1) is 12.2. The summed E-state index contributed by atoms with van der Waals surface area (Å²) in [4.78, 5) is 1.14. The van der Waals surface area contributed by atoms with E-state index in [1.54, 1.807) is 17.6 Å². The fraction of sp³-hybridized carbons (Fsp3) is 0.273. The van der Waals surface area contributed by atoms with Crippen molar-refractivity contribution in [3.05, 3.63) is 43.4 Å². The van der Waals surface area contributed by atoms with Gasteiger partial charge in [-0.15, -0.1) is 11.3 Å². The summed E-state index contributed by atoms with van der Waals surface area (Å²) in [5.74, 6) is 0.938. The second-order valence-electron chi connectivity index (χ2n) is 3.46. The summed E-state index contributed by atoms with van der Waals surface area (Å²) in [5.41, 5.74) is 1.14. The van der Waals surface area contributed by atoms with Gasteiger partial charge in [-0.25, -0.2) is 0 Å². The lowest BCUT2D eigenvalue weighted by Gasteiger charge is -2.12. The summed E-state index contributed by atoms with van der Waals surface area (Å²) < 4.78 is 7.20. The van der Waals surface area contributed by atoms with Gasteiger partial charge in [-0.3, -0.25) is 0 Å². The van der Waals surface area contributed by atoms with Crippen LogP contribution in [0, 0.1) is 6.92 Å². The van der Waals surface area contributed by atoms with Crippen molar-refractivity contribution in [3.8, 4) is 0 Å². The summed E-state index contributed by atoms with van der Waals surface area (Å²) >= 11 is 11.0. The molecule has 0 saturated heterocycles. The Kier molecular flexibility index (Phi) is 3.74. The third-order valence-electron chi connectivity index (χ3n) is 2.40. The number of halogens is 2. The number of hydrogen-bond acceptors (Lipinski definition) is 3. The number of thiophene rings is 1. The van der Waals surface area contributed by atoms with Gasteiger partial charge in [0.05, 0.1) is 6.26 Å². The van der Waals surface area contributed by atoms with Gasteiger partial charge in [0.25, 0.3) is 0 Å². The van der Waals surface area contributed by atoms with Crippen LogP contribution in [0.4, 0.5) is 0 Å². The zero-order valence-electron chi connectivity index (χ0n) is 8.88. The first-order valence-corrected chi connectivity index (χ1v) is 6.78. The third-order valence-corrected chi connectivity index (χ3v) is 4.94. The molecule has 0 saturated carbocycles. The van der Waals surface area contributed by atoms with E-state index in [0.29, 0.717) is 0 Å². The molecule has 2 aromatic rings. The number of aryl methyl sites for hydroxylation is 1. The molecule has 0 aliphatic heterocycles. The highest BCUT2D eigenvalue weighted by atomic mass is 79.9. The maximum atomic E-state index is 6.04. The highest BCUT2D eigenvalue weighted by Gasteiger charge is 2.20. The molecule has 0 radical (unpaired) electrons. The van der Waals surface area contributed by atoms with Gasteiger partial charge in [0.15, 0.2) is 0 Å². The van der Waals surface area contributed by atoms with Gasteiger partial charge in [0.2, 0.25) is 0 Å². The largest absolute Gasteiger partial charge is 0.467 e. The van der Waals surface area contributed by atoms with Crippen molar-refractivity contribution in [2.45, 2.75) is 13.0 Å². The average Bonchev–Trinajstić information content (AvgIpc) is 2.78. The van der Waals surface area contributed by atoms with E-state index in [4.69, 9.17) is 16.0 Å². The lowest BCUT2D eigenvalue weighted by Crippen LogP contribution is -2.16. The molecule has 0 amide bonds. The molecule has 0 aliphatic carbocycles. The van der Waals surface area contributed by atoms with E-state index in [1.165, 1.54) is 0 Å². The van der Waals surface area contributed by atoms with E-state index < -0.39 is 0 Å². The molecule has 0 bridgehead atoms. The highest BCUT2D eigenvalue weighted by Crippen LogP contribution is 2.38. The van der Waals surface area contributed by atoms with Crippen molar-refractivity contribution in [2.75, 3.05) is 7.05 Å². The molecular weight excluding hydrogens is 310 g/mol. The van der Waals surface area contributed by atoms with Crippen LogP contribution in [0.2, 0.25) is 4.34 Å². The molecule has 2 heterocycles. The molecule has 2 nitrogen and oxygen atoms in total. The van der Waals surface area contributed by atoms with Crippen LogP contribution in [-0.2, 0) is 0 Å². The Morgan fingerprint density at radius 3 is 2.75 bits per heavy atom. The molecule has 1 N–H and O–H groups in total. The maximum absolute atomic E-state index is 6.04. The minimum Gasteiger partial charge on any atom is -0.467 e. The summed E-state index contributed by atoms with van der Waals surface area (Å²) in [6.07, 6.45) is 1.71. The van der Waals surface area contributed by atoms with Gasteiger partial charge in [-0.05, 0) is 47.6 Å². The first-order chi connectivity index (χ1) is 7.63. The summed E-state index contributed by atoms with van der Waals surface area (Å²) in [6, 6.07) is 4.05. The topological polar surface area (TPSA) is 25.2 Å². The van der Waals surface area contributed by atoms with Gasteiger partial charge in [-0.1, -0.05) is 11.6 Å². The smallest absolute Gasteiger partial charge is 0.128 e. The van der Waals surface area contributed by atoms with Crippen LogP contribution in [0.5, 0.6) is 0 Å². The van der Waals surface area contributed by atoms with Crippen molar-refractivity contribution in [1.29, 1.82) is 0 Å². The van der Waals surface area contributed by atoms with Crippen LogP contribution in [-0.4, -0.2) is 7.05 Å². The molecule has 0 aromatic carbocycles. The molecule has 0 aliphatic rings. The number of nitrogens with one attached hydrogen (secondary N) is 1. The van der Waals surface area contributed by atoms with E-state index in [1.807, 2.05) is 26.1 Å². The summed E-state index contributed by atoms with van der Waals surface area (Å²) in [5, 5.41) is 3.24. The van der Waals surface area contributed by atoms with Gasteiger partial charge in [0, 0.05) is 9.35 Å². The molecule has 2 rings (SSSR count). The van der Waals surface area contributed by atoms with E-state index in [9.17, 15) is 0 Å². The number of furan rings is 1. The Hall–Kier alpha value is -0.290. The van der Waals surface area contributed by atoms with Gasteiger partial charge < -0.3 is 9.73 Å². The van der Waals surface area contributed by atoms with Crippen LogP contribution < -0.4 is 5.32 Å². The Bertz CT molecular complexity index is 474. The molecule has 1 unspecified atom stereocenters. The van der Waals surface area contributed by atoms with Crippen LogP contribution in [0.15, 0.2) is 27.3 Å². The molecule has 2 aromatic heterocycles. The quantitative estimate of drug-likeness (QED) is 0.908. The van der Waals surface area contributed by atoms with Crippen LogP contribution in [0.1, 0.15) is 22.2 Å². The van der Waals surface area contributed by atoms with Gasteiger partial charge in [-0.2, -0.15) is 0 Å². The predicted octanol–water partition coefficient (Wildman–Crippen LogP) is 4.37. The van der Waals surface area contributed by atoms with Gasteiger partial charge in [0.1, 0.15) is 16.1 Å². The molecule has 16 heavy (non-hydrogen) atoms. The molecular formula is C11H11BrClNOS. The fourth-order valence-electron chi connectivity index (χ4n) is 1.59. The van der Waals surface area contributed by atoms with Crippen molar-refractivity contribution < 1.29 is 4.42 Å². The van der Waals surface area contributed by atoms with Crippen molar-refractivity contribution in [1.82, 2.24) is 5.32 Å². The monoisotopic (exact) mass is 319 g/mol. The second kappa shape index (κ2) is 4.92.